The van der Waals surface area contributed by atoms with Crippen molar-refractivity contribution in [3.05, 3.63) is 29.8 Å². The maximum absolute atomic E-state index is 13.3. The highest BCUT2D eigenvalue weighted by atomic mass is 19.1. The molecule has 0 aromatic heterocycles. The van der Waals surface area contributed by atoms with Gasteiger partial charge in [-0.05, 0) is 18.6 Å². The number of halogens is 2. The summed E-state index contributed by atoms with van der Waals surface area (Å²) in [4.78, 5) is 24.4. The fourth-order valence-electron chi connectivity index (χ4n) is 1.85. The molecule has 1 aliphatic heterocycles. The molecule has 7 heteroatoms. The summed E-state index contributed by atoms with van der Waals surface area (Å²) in [5.41, 5.74) is -0.652. The number of para-hydroxylation sites is 1. The molecule has 1 heterocycles. The smallest absolute Gasteiger partial charge is 0.314 e. The Morgan fingerprint density at radius 3 is 2.47 bits per heavy atom. The fraction of sp³-hybridized carbons (Fsp3) is 0.333. The predicted octanol–water partition coefficient (Wildman–Crippen LogP) is 0.496. The molecule has 102 valence electrons. The van der Waals surface area contributed by atoms with Crippen LogP contribution in [0.3, 0.4) is 0 Å². The number of hydrogen-bond acceptors (Lipinski definition) is 3. The molecule has 19 heavy (non-hydrogen) atoms. The number of β-amino-alcohol motifs (C(OH)–C–C–N with tert-alkyl or cyclic N) is 1. The van der Waals surface area contributed by atoms with Crippen LogP contribution in [0.1, 0.15) is 6.42 Å². The average molecular weight is 270 g/mol. The lowest BCUT2D eigenvalue weighted by Crippen LogP contribution is -2.39. The second-order valence-corrected chi connectivity index (χ2v) is 4.24. The van der Waals surface area contributed by atoms with Gasteiger partial charge in [-0.3, -0.25) is 9.59 Å². The molecular weight excluding hydrogens is 258 g/mol. The quantitative estimate of drug-likeness (QED) is 0.730. The first-order valence-corrected chi connectivity index (χ1v) is 5.71. The highest BCUT2D eigenvalue weighted by Gasteiger charge is 2.29. The van der Waals surface area contributed by atoms with Crippen molar-refractivity contribution in [2.45, 2.75) is 12.5 Å². The Morgan fingerprint density at radius 1 is 1.32 bits per heavy atom. The van der Waals surface area contributed by atoms with Crippen LogP contribution in [0.25, 0.3) is 0 Å². The van der Waals surface area contributed by atoms with E-state index >= 15 is 0 Å². The Bertz CT molecular complexity index is 501. The lowest BCUT2D eigenvalue weighted by atomic mass is 10.3. The molecule has 0 bridgehead atoms. The number of amides is 2. The summed E-state index contributed by atoms with van der Waals surface area (Å²) < 4.78 is 26.6. The molecule has 0 saturated carbocycles. The maximum Gasteiger partial charge on any atom is 0.314 e. The van der Waals surface area contributed by atoms with Gasteiger partial charge in [-0.2, -0.15) is 0 Å². The molecule has 5 nitrogen and oxygen atoms in total. The number of carbonyl (C=O) groups excluding carboxylic acids is 2. The van der Waals surface area contributed by atoms with Gasteiger partial charge in [-0.15, -0.1) is 0 Å². The second-order valence-electron chi connectivity index (χ2n) is 4.24. The Balaban J connectivity index is 2.07. The number of likely N-dealkylation sites (tertiary alicyclic amines) is 1. The molecule has 1 fully saturated rings. The Morgan fingerprint density at radius 2 is 1.95 bits per heavy atom. The number of aliphatic hydroxyl groups excluding tert-OH is 1. The van der Waals surface area contributed by atoms with Crippen LogP contribution < -0.4 is 5.32 Å². The standard InChI is InChI=1S/C12H12F2N2O3/c13-8-2-1-3-9(14)10(8)15-11(18)12(19)16-5-4-7(17)6-16/h1-3,7,17H,4-6H2,(H,15,18)/t7-/m1/s1. The summed E-state index contributed by atoms with van der Waals surface area (Å²) in [5.74, 6) is -3.96. The monoisotopic (exact) mass is 270 g/mol. The van der Waals surface area contributed by atoms with Gasteiger partial charge in [-0.1, -0.05) is 6.07 Å². The van der Waals surface area contributed by atoms with Gasteiger partial charge in [0.05, 0.1) is 6.10 Å². The highest BCUT2D eigenvalue weighted by molar-refractivity contribution is 6.39. The SMILES string of the molecule is O=C(Nc1c(F)cccc1F)C(=O)N1CC[C@@H](O)C1. The van der Waals surface area contributed by atoms with Crippen molar-refractivity contribution in [1.82, 2.24) is 4.90 Å². The number of aliphatic hydroxyl groups is 1. The van der Waals surface area contributed by atoms with Gasteiger partial charge in [0.25, 0.3) is 0 Å². The Kier molecular flexibility index (Phi) is 3.75. The number of nitrogens with zero attached hydrogens (tertiary/aromatic N) is 1. The minimum Gasteiger partial charge on any atom is -0.391 e. The molecule has 1 atom stereocenters. The van der Waals surface area contributed by atoms with Crippen LogP contribution in [0.4, 0.5) is 14.5 Å². The average Bonchev–Trinajstić information content (AvgIpc) is 2.79. The topological polar surface area (TPSA) is 69.6 Å². The number of rotatable bonds is 1. The second kappa shape index (κ2) is 5.31. The molecule has 1 aromatic rings. The van der Waals surface area contributed by atoms with E-state index in [4.69, 9.17) is 0 Å². The number of hydrogen-bond donors (Lipinski definition) is 2. The van der Waals surface area contributed by atoms with Gasteiger partial charge in [0.1, 0.15) is 17.3 Å². The van der Waals surface area contributed by atoms with E-state index in [2.05, 4.69) is 0 Å². The van der Waals surface area contributed by atoms with Crippen molar-refractivity contribution in [2.75, 3.05) is 18.4 Å². The van der Waals surface area contributed by atoms with Crippen molar-refractivity contribution in [2.24, 2.45) is 0 Å². The minimum atomic E-state index is -1.13. The van der Waals surface area contributed by atoms with E-state index in [1.807, 2.05) is 5.32 Å². The zero-order chi connectivity index (χ0) is 14.0. The third-order valence-corrected chi connectivity index (χ3v) is 2.85. The number of benzene rings is 1. The molecule has 0 spiro atoms. The van der Waals surface area contributed by atoms with Gasteiger partial charge < -0.3 is 15.3 Å². The van der Waals surface area contributed by atoms with E-state index in [0.717, 1.165) is 23.1 Å². The first-order valence-electron chi connectivity index (χ1n) is 5.71. The lowest BCUT2D eigenvalue weighted by molar-refractivity contribution is -0.142. The van der Waals surface area contributed by atoms with E-state index in [9.17, 15) is 23.5 Å². The van der Waals surface area contributed by atoms with Gasteiger partial charge in [-0.25, -0.2) is 8.78 Å². The maximum atomic E-state index is 13.3. The lowest BCUT2D eigenvalue weighted by Gasteiger charge is -2.15. The van der Waals surface area contributed by atoms with Crippen molar-refractivity contribution in [3.63, 3.8) is 0 Å². The van der Waals surface area contributed by atoms with Crippen molar-refractivity contribution < 1.29 is 23.5 Å². The van der Waals surface area contributed by atoms with Gasteiger partial charge in [0, 0.05) is 13.1 Å². The summed E-state index contributed by atoms with van der Waals surface area (Å²) in [5, 5.41) is 11.2. The van der Waals surface area contributed by atoms with Crippen LogP contribution >= 0.6 is 0 Å². The summed E-state index contributed by atoms with van der Waals surface area (Å²) >= 11 is 0. The molecule has 1 aliphatic rings. The summed E-state index contributed by atoms with van der Waals surface area (Å²) in [6.45, 7) is 0.291. The van der Waals surface area contributed by atoms with E-state index in [1.54, 1.807) is 0 Å². The Hall–Kier alpha value is -2.02. The van der Waals surface area contributed by atoms with E-state index in [-0.39, 0.29) is 13.1 Å². The third-order valence-electron chi connectivity index (χ3n) is 2.85. The number of nitrogens with one attached hydrogen (secondary N) is 1. The molecule has 0 aliphatic carbocycles. The molecule has 0 radical (unpaired) electrons. The molecule has 0 unspecified atom stereocenters. The van der Waals surface area contributed by atoms with E-state index in [1.165, 1.54) is 0 Å². The highest BCUT2D eigenvalue weighted by Crippen LogP contribution is 2.18. The van der Waals surface area contributed by atoms with Gasteiger partial charge in [0.15, 0.2) is 0 Å². The molecule has 2 amide bonds. The van der Waals surface area contributed by atoms with Crippen LogP contribution in [0, 0.1) is 11.6 Å². The first kappa shape index (κ1) is 13.4. The Labute approximate surface area is 107 Å². The largest absolute Gasteiger partial charge is 0.391 e. The zero-order valence-electron chi connectivity index (χ0n) is 9.90. The van der Waals surface area contributed by atoms with Crippen LogP contribution in [0.5, 0.6) is 0 Å². The fourth-order valence-corrected chi connectivity index (χ4v) is 1.85. The minimum absolute atomic E-state index is 0.0476. The molecule has 1 saturated heterocycles. The molecular formula is C12H12F2N2O3. The van der Waals surface area contributed by atoms with Crippen molar-refractivity contribution in [1.29, 1.82) is 0 Å². The van der Waals surface area contributed by atoms with Crippen LogP contribution in [0.2, 0.25) is 0 Å². The van der Waals surface area contributed by atoms with Crippen molar-refractivity contribution >= 4 is 17.5 Å². The van der Waals surface area contributed by atoms with Crippen LogP contribution in [-0.4, -0.2) is 41.0 Å². The van der Waals surface area contributed by atoms with Crippen LogP contribution in [0.15, 0.2) is 18.2 Å². The van der Waals surface area contributed by atoms with Gasteiger partial charge >= 0.3 is 11.8 Å². The summed E-state index contributed by atoms with van der Waals surface area (Å²) in [6.07, 6.45) is -0.283. The van der Waals surface area contributed by atoms with E-state index < -0.39 is 35.2 Å². The van der Waals surface area contributed by atoms with Crippen molar-refractivity contribution in [3.8, 4) is 0 Å². The van der Waals surface area contributed by atoms with Crippen LogP contribution in [-0.2, 0) is 9.59 Å². The zero-order valence-corrected chi connectivity index (χ0v) is 9.90. The van der Waals surface area contributed by atoms with Gasteiger partial charge in [0.2, 0.25) is 0 Å². The summed E-state index contributed by atoms with van der Waals surface area (Å²) in [7, 11) is 0. The first-order chi connectivity index (χ1) is 8.99. The normalized spacial score (nSPS) is 18.5. The van der Waals surface area contributed by atoms with E-state index in [0.29, 0.717) is 6.42 Å². The number of anilines is 1. The summed E-state index contributed by atoms with van der Waals surface area (Å²) in [6, 6.07) is 3.10. The number of carbonyl (C=O) groups is 2. The molecule has 2 rings (SSSR count). The molecule has 2 N–H and O–H groups in total. The molecule has 1 aromatic carbocycles. The predicted molar refractivity (Wildman–Crippen MR) is 62.2 cm³/mol. The third kappa shape index (κ3) is 2.87.